The molecule has 2 N–H and O–H groups in total. The highest BCUT2D eigenvalue weighted by Gasteiger charge is 2.33. The van der Waals surface area contributed by atoms with Gasteiger partial charge in [0, 0.05) is 10.7 Å². The zero-order chi connectivity index (χ0) is 15.6. The van der Waals surface area contributed by atoms with Gasteiger partial charge < -0.3 is 5.73 Å². The van der Waals surface area contributed by atoms with Gasteiger partial charge in [0.1, 0.15) is 0 Å². The summed E-state index contributed by atoms with van der Waals surface area (Å²) < 4.78 is 0. The van der Waals surface area contributed by atoms with Gasteiger partial charge in [0.05, 0.1) is 0 Å². The molecule has 1 rings (SSSR count). The first-order valence-electron chi connectivity index (χ1n) is 7.56. The van der Waals surface area contributed by atoms with Gasteiger partial charge in [0.25, 0.3) is 0 Å². The minimum Gasteiger partial charge on any atom is -0.330 e. The molecule has 0 aliphatic carbocycles. The Morgan fingerprint density at radius 2 is 2.00 bits per heavy atom. The van der Waals surface area contributed by atoms with Gasteiger partial charge in [-0.1, -0.05) is 84.1 Å². The van der Waals surface area contributed by atoms with Crippen molar-refractivity contribution in [3.8, 4) is 0 Å². The Bertz CT molecular complexity index is 468. The summed E-state index contributed by atoms with van der Waals surface area (Å²) in [6.45, 7) is 6.70. The lowest BCUT2D eigenvalue weighted by Gasteiger charge is -2.35. The van der Waals surface area contributed by atoms with E-state index in [-0.39, 0.29) is 5.41 Å². The van der Waals surface area contributed by atoms with Crippen LogP contribution in [0.4, 0.5) is 0 Å². The molecule has 1 unspecified atom stereocenters. The lowest BCUT2D eigenvalue weighted by molar-refractivity contribution is 0.466. The molecule has 0 radical (unpaired) electrons. The van der Waals surface area contributed by atoms with Gasteiger partial charge in [0.2, 0.25) is 0 Å². The molecule has 0 saturated heterocycles. The molecule has 1 aromatic carbocycles. The lowest BCUT2D eigenvalue weighted by atomic mass is 9.69. The van der Waals surface area contributed by atoms with Gasteiger partial charge in [-0.15, -0.1) is 0 Å². The molecule has 21 heavy (non-hydrogen) atoms. The summed E-state index contributed by atoms with van der Waals surface area (Å²) in [5, 5.41) is 0.941. The van der Waals surface area contributed by atoms with Crippen LogP contribution in [0, 0.1) is 0 Å². The third-order valence-electron chi connectivity index (χ3n) is 3.80. The van der Waals surface area contributed by atoms with E-state index in [1.807, 2.05) is 6.08 Å². The van der Waals surface area contributed by atoms with Crippen molar-refractivity contribution in [1.29, 1.82) is 0 Å². The van der Waals surface area contributed by atoms with Gasteiger partial charge >= 0.3 is 0 Å². The molecular weight excluding hydrogens is 322 g/mol. The minimum atomic E-state index is -0.0562. The summed E-state index contributed by atoms with van der Waals surface area (Å²) >= 11 is 3.62. The van der Waals surface area contributed by atoms with Crippen LogP contribution in [0.25, 0.3) is 0 Å². The van der Waals surface area contributed by atoms with Crippen molar-refractivity contribution in [2.24, 2.45) is 5.73 Å². The van der Waals surface area contributed by atoms with Crippen molar-refractivity contribution >= 4 is 15.9 Å². The van der Waals surface area contributed by atoms with E-state index >= 15 is 0 Å². The van der Waals surface area contributed by atoms with Crippen molar-refractivity contribution in [1.82, 2.24) is 0 Å². The molecule has 0 fully saturated rings. The summed E-state index contributed by atoms with van der Waals surface area (Å²) in [5.41, 5.74) is 8.51. The largest absolute Gasteiger partial charge is 0.330 e. The van der Waals surface area contributed by atoms with Crippen molar-refractivity contribution in [2.75, 3.05) is 11.9 Å². The Morgan fingerprint density at radius 1 is 1.29 bits per heavy atom. The zero-order valence-corrected chi connectivity index (χ0v) is 14.5. The van der Waals surface area contributed by atoms with E-state index in [9.17, 15) is 0 Å². The van der Waals surface area contributed by atoms with Gasteiger partial charge in [-0.25, -0.2) is 0 Å². The number of benzene rings is 1. The second kappa shape index (κ2) is 9.75. The molecule has 1 atom stereocenters. The second-order valence-corrected chi connectivity index (χ2v) is 5.89. The lowest BCUT2D eigenvalue weighted by Crippen LogP contribution is -2.31. The van der Waals surface area contributed by atoms with E-state index in [1.54, 1.807) is 0 Å². The maximum Gasteiger partial charge on any atom is 0.0222 e. The Hall–Kier alpha value is -1.12. The molecule has 0 aliphatic heterocycles. The third kappa shape index (κ3) is 4.69. The fraction of sp³-hybridized carbons (Fsp3) is 0.368. The number of nitrogens with two attached hydrogens (primary N) is 1. The standard InChI is InChI=1S/C19H26BrN/c1-3-5-10-17(9-4-2)19(13-15-20,14-16-21)18-11-7-6-8-12-18/h4-12H,2-3,13-16,21H2,1H3/b10-5-,17-9+. The topological polar surface area (TPSA) is 26.0 Å². The molecule has 0 spiro atoms. The van der Waals surface area contributed by atoms with Crippen LogP contribution in [-0.4, -0.2) is 11.9 Å². The molecule has 114 valence electrons. The quantitative estimate of drug-likeness (QED) is 0.485. The van der Waals surface area contributed by atoms with E-state index < -0.39 is 0 Å². The van der Waals surface area contributed by atoms with Crippen molar-refractivity contribution in [3.63, 3.8) is 0 Å². The van der Waals surface area contributed by atoms with Crippen LogP contribution >= 0.6 is 15.9 Å². The summed E-state index contributed by atoms with van der Waals surface area (Å²) in [4.78, 5) is 0. The van der Waals surface area contributed by atoms with Crippen LogP contribution < -0.4 is 5.73 Å². The predicted octanol–water partition coefficient (Wildman–Crippen LogP) is 5.14. The fourth-order valence-corrected chi connectivity index (χ4v) is 3.46. The number of allylic oxidation sites excluding steroid dienone is 5. The van der Waals surface area contributed by atoms with Crippen LogP contribution in [0.15, 0.2) is 66.8 Å². The maximum absolute atomic E-state index is 5.95. The van der Waals surface area contributed by atoms with Crippen LogP contribution in [0.1, 0.15) is 31.7 Å². The summed E-state index contributed by atoms with van der Waals surface area (Å²) in [5.74, 6) is 0. The molecule has 0 heterocycles. The predicted molar refractivity (Wildman–Crippen MR) is 97.9 cm³/mol. The molecule has 0 aliphatic rings. The van der Waals surface area contributed by atoms with Crippen LogP contribution in [-0.2, 0) is 5.41 Å². The molecular formula is C19H26BrN. The van der Waals surface area contributed by atoms with Gasteiger partial charge in [-0.3, -0.25) is 0 Å². The molecule has 0 bridgehead atoms. The van der Waals surface area contributed by atoms with Crippen molar-refractivity contribution < 1.29 is 0 Å². The molecule has 2 heteroatoms. The van der Waals surface area contributed by atoms with Crippen molar-refractivity contribution in [2.45, 2.75) is 31.6 Å². The maximum atomic E-state index is 5.95. The van der Waals surface area contributed by atoms with E-state index in [4.69, 9.17) is 5.73 Å². The SMILES string of the molecule is C=C/C=C(\C=C/CC)C(CCN)(CCBr)c1ccccc1. The Balaban J connectivity index is 3.42. The number of halogens is 1. The highest BCUT2D eigenvalue weighted by molar-refractivity contribution is 9.09. The summed E-state index contributed by atoms with van der Waals surface area (Å²) in [6.07, 6.45) is 11.4. The monoisotopic (exact) mass is 347 g/mol. The molecule has 0 amide bonds. The molecule has 1 aromatic rings. The third-order valence-corrected chi connectivity index (χ3v) is 4.20. The first kappa shape index (κ1) is 17.9. The average molecular weight is 348 g/mol. The minimum absolute atomic E-state index is 0.0562. The normalized spacial score (nSPS) is 15.1. The van der Waals surface area contributed by atoms with Crippen molar-refractivity contribution in [3.05, 3.63) is 72.4 Å². The van der Waals surface area contributed by atoms with Crippen LogP contribution in [0.2, 0.25) is 0 Å². The average Bonchev–Trinajstić information content (AvgIpc) is 2.52. The summed E-state index contributed by atoms with van der Waals surface area (Å²) in [7, 11) is 0. The number of hydrogen-bond donors (Lipinski definition) is 1. The number of hydrogen-bond acceptors (Lipinski definition) is 1. The number of rotatable bonds is 9. The molecule has 1 nitrogen and oxygen atoms in total. The highest BCUT2D eigenvalue weighted by Crippen LogP contribution is 2.40. The van der Waals surface area contributed by atoms with Gasteiger partial charge in [-0.05, 0) is 36.9 Å². The van der Waals surface area contributed by atoms with E-state index in [0.717, 1.165) is 24.6 Å². The van der Waals surface area contributed by atoms with Gasteiger partial charge in [0.15, 0.2) is 0 Å². The van der Waals surface area contributed by atoms with Crippen LogP contribution in [0.5, 0.6) is 0 Å². The van der Waals surface area contributed by atoms with E-state index in [1.165, 1.54) is 11.1 Å². The molecule has 0 saturated carbocycles. The first-order valence-corrected chi connectivity index (χ1v) is 8.68. The first-order chi connectivity index (χ1) is 10.2. The van der Waals surface area contributed by atoms with E-state index in [2.05, 4.69) is 78.0 Å². The Morgan fingerprint density at radius 3 is 2.52 bits per heavy atom. The molecule has 0 aromatic heterocycles. The van der Waals surface area contributed by atoms with Gasteiger partial charge in [-0.2, -0.15) is 0 Å². The zero-order valence-electron chi connectivity index (χ0n) is 12.9. The Kier molecular flexibility index (Phi) is 8.33. The summed E-state index contributed by atoms with van der Waals surface area (Å²) in [6, 6.07) is 10.7. The fourth-order valence-electron chi connectivity index (χ4n) is 2.78. The van der Waals surface area contributed by atoms with Crippen LogP contribution in [0.3, 0.4) is 0 Å². The highest BCUT2D eigenvalue weighted by atomic mass is 79.9. The Labute approximate surface area is 137 Å². The van der Waals surface area contributed by atoms with E-state index in [0.29, 0.717) is 6.54 Å². The number of alkyl halides is 1. The smallest absolute Gasteiger partial charge is 0.0222 e. The second-order valence-electron chi connectivity index (χ2n) is 5.09.